The van der Waals surface area contributed by atoms with Gasteiger partial charge < -0.3 is 19.3 Å². The zero-order chi connectivity index (χ0) is 20.3. The number of piperidine rings is 1. The molecule has 0 amide bonds. The number of ether oxygens (including phenoxy) is 1. The van der Waals surface area contributed by atoms with Gasteiger partial charge in [0.2, 0.25) is 0 Å². The van der Waals surface area contributed by atoms with Gasteiger partial charge in [-0.2, -0.15) is 0 Å². The molecule has 0 spiro atoms. The standard InChI is InChI=1S/C21H28N2O4S/c1-4-23-14(3)13-16(24)18(20(23)25)19(17-7-6-12-28-17)22-10-8-15(9-11-22)21(26)27-5-2/h6-7,12-13,15,19,24H,4-5,8-11H2,1-3H3/p+1/t19-/m0/s1. The molecule has 0 radical (unpaired) electrons. The first-order chi connectivity index (χ1) is 13.5. The van der Waals surface area contributed by atoms with Gasteiger partial charge in [-0.25, -0.2) is 0 Å². The maximum absolute atomic E-state index is 13.2. The monoisotopic (exact) mass is 405 g/mol. The van der Waals surface area contributed by atoms with Gasteiger partial charge >= 0.3 is 5.97 Å². The predicted molar refractivity (Wildman–Crippen MR) is 109 cm³/mol. The number of rotatable bonds is 6. The van der Waals surface area contributed by atoms with E-state index in [9.17, 15) is 14.7 Å². The van der Waals surface area contributed by atoms with Crippen LogP contribution in [0.1, 0.15) is 48.9 Å². The van der Waals surface area contributed by atoms with E-state index < -0.39 is 0 Å². The number of nitrogens with one attached hydrogen (secondary N) is 1. The SMILES string of the molecule is CCOC(=O)C1CC[NH+]([C@@H](c2cccs2)c2c(O)cc(C)n(CC)c2=O)CC1. The molecule has 1 atom stereocenters. The average Bonchev–Trinajstić information content (AvgIpc) is 3.20. The predicted octanol–water partition coefficient (Wildman–Crippen LogP) is 1.89. The van der Waals surface area contributed by atoms with Crippen molar-refractivity contribution in [2.24, 2.45) is 5.92 Å². The molecule has 0 bridgehead atoms. The number of hydrogen-bond donors (Lipinski definition) is 2. The van der Waals surface area contributed by atoms with Gasteiger partial charge in [0.05, 0.1) is 30.5 Å². The number of likely N-dealkylation sites (tertiary alicyclic amines) is 1. The van der Waals surface area contributed by atoms with Gasteiger partial charge in [-0.3, -0.25) is 9.59 Å². The second kappa shape index (κ2) is 8.92. The Balaban J connectivity index is 1.96. The lowest BCUT2D eigenvalue weighted by atomic mass is 9.93. The summed E-state index contributed by atoms with van der Waals surface area (Å²) in [6.45, 7) is 8.08. The third kappa shape index (κ3) is 4.00. The van der Waals surface area contributed by atoms with Gasteiger partial charge in [0, 0.05) is 25.1 Å². The Bertz CT molecular complexity index is 867. The molecule has 0 unspecified atom stereocenters. The molecule has 0 saturated carbocycles. The molecular formula is C21H29N2O4S+. The molecule has 1 saturated heterocycles. The van der Waals surface area contributed by atoms with E-state index in [1.54, 1.807) is 22.0 Å². The molecule has 28 heavy (non-hydrogen) atoms. The van der Waals surface area contributed by atoms with E-state index >= 15 is 0 Å². The van der Waals surface area contributed by atoms with Crippen molar-refractivity contribution in [2.45, 2.75) is 46.2 Å². The summed E-state index contributed by atoms with van der Waals surface area (Å²) in [6, 6.07) is 5.45. The number of pyridine rings is 1. The van der Waals surface area contributed by atoms with E-state index in [4.69, 9.17) is 4.74 Å². The number of carbonyl (C=O) groups excluding carboxylic acids is 1. The third-order valence-electron chi connectivity index (χ3n) is 5.61. The van der Waals surface area contributed by atoms with Crippen LogP contribution in [-0.2, 0) is 16.1 Å². The van der Waals surface area contributed by atoms with Crippen molar-refractivity contribution in [3.63, 3.8) is 0 Å². The lowest BCUT2D eigenvalue weighted by molar-refractivity contribution is -0.930. The first-order valence-electron chi connectivity index (χ1n) is 9.95. The molecule has 1 fully saturated rings. The Kier molecular flexibility index (Phi) is 6.57. The number of aromatic hydroxyl groups is 1. The Labute approximate surface area is 169 Å². The molecule has 1 aliphatic rings. The van der Waals surface area contributed by atoms with Crippen LogP contribution in [0.4, 0.5) is 0 Å². The second-order valence-corrected chi connectivity index (χ2v) is 8.25. The number of nitrogens with zero attached hydrogens (tertiary/aromatic N) is 1. The highest BCUT2D eigenvalue weighted by Crippen LogP contribution is 2.29. The van der Waals surface area contributed by atoms with Crippen LogP contribution in [0.3, 0.4) is 0 Å². The number of hydrogen-bond acceptors (Lipinski definition) is 5. The zero-order valence-corrected chi connectivity index (χ0v) is 17.6. The Morgan fingerprint density at radius 3 is 2.68 bits per heavy atom. The van der Waals surface area contributed by atoms with Crippen molar-refractivity contribution in [1.82, 2.24) is 4.57 Å². The number of thiophene rings is 1. The van der Waals surface area contributed by atoms with E-state index in [-0.39, 0.29) is 29.2 Å². The molecule has 3 heterocycles. The normalized spacial score (nSPS) is 20.7. The molecule has 6 nitrogen and oxygen atoms in total. The van der Waals surface area contributed by atoms with E-state index in [0.29, 0.717) is 18.7 Å². The first kappa shape index (κ1) is 20.6. The van der Waals surface area contributed by atoms with Gasteiger partial charge in [0.25, 0.3) is 5.56 Å². The summed E-state index contributed by atoms with van der Waals surface area (Å²) < 4.78 is 6.88. The minimum Gasteiger partial charge on any atom is -0.507 e. The van der Waals surface area contributed by atoms with Crippen molar-refractivity contribution in [3.8, 4) is 5.75 Å². The summed E-state index contributed by atoms with van der Waals surface area (Å²) in [7, 11) is 0. The maximum atomic E-state index is 13.2. The summed E-state index contributed by atoms with van der Waals surface area (Å²) in [5, 5.41) is 12.7. The van der Waals surface area contributed by atoms with Crippen molar-refractivity contribution in [2.75, 3.05) is 19.7 Å². The highest BCUT2D eigenvalue weighted by molar-refractivity contribution is 7.10. The molecule has 152 valence electrons. The minimum atomic E-state index is -0.228. The Morgan fingerprint density at radius 1 is 1.39 bits per heavy atom. The minimum absolute atomic E-state index is 0.0608. The van der Waals surface area contributed by atoms with Gasteiger partial charge in [-0.05, 0) is 38.3 Å². The van der Waals surface area contributed by atoms with E-state index in [1.807, 2.05) is 38.3 Å². The first-order valence-corrected chi connectivity index (χ1v) is 10.8. The van der Waals surface area contributed by atoms with Crippen molar-refractivity contribution < 1.29 is 19.5 Å². The summed E-state index contributed by atoms with van der Waals surface area (Å²) in [5.74, 6) is -0.141. The van der Waals surface area contributed by atoms with Crippen LogP contribution in [-0.4, -0.2) is 35.3 Å². The molecule has 0 aromatic carbocycles. The average molecular weight is 406 g/mol. The lowest BCUT2D eigenvalue weighted by Crippen LogP contribution is -3.13. The Hall–Kier alpha value is -2.12. The number of esters is 1. The third-order valence-corrected chi connectivity index (χ3v) is 6.55. The molecule has 2 N–H and O–H groups in total. The highest BCUT2D eigenvalue weighted by Gasteiger charge is 2.37. The van der Waals surface area contributed by atoms with Crippen LogP contribution >= 0.6 is 11.3 Å². The number of aryl methyl sites for hydroxylation is 1. The van der Waals surface area contributed by atoms with E-state index in [1.165, 1.54) is 4.90 Å². The number of aromatic nitrogens is 1. The van der Waals surface area contributed by atoms with Gasteiger partial charge in [0.1, 0.15) is 11.3 Å². The van der Waals surface area contributed by atoms with Crippen LogP contribution < -0.4 is 10.5 Å². The largest absolute Gasteiger partial charge is 0.507 e. The summed E-state index contributed by atoms with van der Waals surface area (Å²) >= 11 is 1.60. The topological polar surface area (TPSA) is 73.0 Å². The van der Waals surface area contributed by atoms with Crippen molar-refractivity contribution >= 4 is 17.3 Å². The van der Waals surface area contributed by atoms with Crippen LogP contribution in [0.2, 0.25) is 0 Å². The van der Waals surface area contributed by atoms with Gasteiger partial charge in [-0.1, -0.05) is 6.07 Å². The molecule has 3 rings (SSSR count). The van der Waals surface area contributed by atoms with E-state index in [0.717, 1.165) is 36.5 Å². The molecule has 2 aromatic heterocycles. The van der Waals surface area contributed by atoms with Crippen molar-refractivity contribution in [1.29, 1.82) is 0 Å². The fourth-order valence-corrected chi connectivity index (χ4v) is 5.10. The van der Waals surface area contributed by atoms with Crippen LogP contribution in [0, 0.1) is 12.8 Å². The van der Waals surface area contributed by atoms with E-state index in [2.05, 4.69) is 0 Å². The quantitative estimate of drug-likeness (QED) is 0.720. The highest BCUT2D eigenvalue weighted by atomic mass is 32.1. The number of carbonyl (C=O) groups is 1. The molecule has 2 aromatic rings. The summed E-state index contributed by atoms with van der Waals surface area (Å²) in [4.78, 5) is 27.5. The molecule has 7 heteroatoms. The molecular weight excluding hydrogens is 376 g/mol. The van der Waals surface area contributed by atoms with Crippen LogP contribution in [0.15, 0.2) is 28.4 Å². The summed E-state index contributed by atoms with van der Waals surface area (Å²) in [5.41, 5.74) is 1.09. The second-order valence-electron chi connectivity index (χ2n) is 7.27. The lowest BCUT2D eigenvalue weighted by Gasteiger charge is -2.34. The molecule has 1 aliphatic heterocycles. The summed E-state index contributed by atoms with van der Waals surface area (Å²) in [6.07, 6.45) is 1.45. The molecule has 0 aliphatic carbocycles. The van der Waals surface area contributed by atoms with Gasteiger partial charge in [-0.15, -0.1) is 11.3 Å². The van der Waals surface area contributed by atoms with Gasteiger partial charge in [0.15, 0.2) is 6.04 Å². The van der Waals surface area contributed by atoms with Crippen LogP contribution in [0.5, 0.6) is 5.75 Å². The Morgan fingerprint density at radius 2 is 2.11 bits per heavy atom. The smallest absolute Gasteiger partial charge is 0.309 e. The van der Waals surface area contributed by atoms with Crippen molar-refractivity contribution in [3.05, 3.63) is 50.1 Å². The van der Waals surface area contributed by atoms with Crippen LogP contribution in [0.25, 0.3) is 0 Å². The zero-order valence-electron chi connectivity index (χ0n) is 16.7. The fraction of sp³-hybridized carbons (Fsp3) is 0.524. The number of quaternary nitrogens is 1. The fourth-order valence-electron chi connectivity index (χ4n) is 4.21. The maximum Gasteiger partial charge on any atom is 0.309 e.